The van der Waals surface area contributed by atoms with Gasteiger partial charge in [-0.15, -0.1) is 0 Å². The first-order chi connectivity index (χ1) is 10.0. The van der Waals surface area contributed by atoms with Crippen molar-refractivity contribution in [2.45, 2.75) is 6.42 Å². The zero-order chi connectivity index (χ0) is 15.4. The summed E-state index contributed by atoms with van der Waals surface area (Å²) >= 11 is 0. The van der Waals surface area contributed by atoms with Crippen molar-refractivity contribution in [1.82, 2.24) is 4.90 Å². The van der Waals surface area contributed by atoms with Crippen LogP contribution >= 0.6 is 0 Å². The van der Waals surface area contributed by atoms with Crippen LogP contribution in [0.15, 0.2) is 18.2 Å². The Labute approximate surface area is 123 Å². The number of carbonyl (C=O) groups is 2. The van der Waals surface area contributed by atoms with E-state index in [1.807, 2.05) is 0 Å². The van der Waals surface area contributed by atoms with E-state index in [0.29, 0.717) is 30.4 Å². The van der Waals surface area contributed by atoms with Gasteiger partial charge in [0, 0.05) is 31.7 Å². The fourth-order valence-corrected chi connectivity index (χ4v) is 2.38. The Morgan fingerprint density at radius 1 is 1.38 bits per heavy atom. The van der Waals surface area contributed by atoms with Gasteiger partial charge in [-0.05, 0) is 24.6 Å². The van der Waals surface area contributed by atoms with Gasteiger partial charge in [-0.25, -0.2) is 4.79 Å². The predicted molar refractivity (Wildman–Crippen MR) is 75.8 cm³/mol. The van der Waals surface area contributed by atoms with Gasteiger partial charge in [0.05, 0.1) is 19.3 Å². The Morgan fingerprint density at radius 3 is 2.67 bits per heavy atom. The summed E-state index contributed by atoms with van der Waals surface area (Å²) in [7, 11) is 3.15. The SMILES string of the molecule is COc1cc(C(=O)O)cc(C(=O)N(C)C[C@@H]2CCOC2)c1. The molecule has 1 fully saturated rings. The fraction of sp³-hybridized carbons (Fsp3) is 0.467. The van der Waals surface area contributed by atoms with Gasteiger partial charge in [0.2, 0.25) is 0 Å². The molecule has 0 aliphatic carbocycles. The lowest BCUT2D eigenvalue weighted by molar-refractivity contribution is 0.0696. The van der Waals surface area contributed by atoms with Crippen molar-refractivity contribution < 1.29 is 24.2 Å². The van der Waals surface area contributed by atoms with Crippen LogP contribution in [0.25, 0.3) is 0 Å². The van der Waals surface area contributed by atoms with Crippen molar-refractivity contribution >= 4 is 11.9 Å². The number of carboxylic acids is 1. The summed E-state index contributed by atoms with van der Waals surface area (Å²) in [6.07, 6.45) is 0.941. The number of aromatic carboxylic acids is 1. The molecule has 1 aromatic carbocycles. The molecule has 1 N–H and O–H groups in total. The minimum Gasteiger partial charge on any atom is -0.497 e. The molecule has 114 valence electrons. The van der Waals surface area contributed by atoms with Crippen LogP contribution in [0.2, 0.25) is 0 Å². The molecule has 2 rings (SSSR count). The predicted octanol–water partition coefficient (Wildman–Crippen LogP) is 1.50. The lowest BCUT2D eigenvalue weighted by Crippen LogP contribution is -2.32. The summed E-state index contributed by atoms with van der Waals surface area (Å²) in [6, 6.07) is 4.31. The zero-order valence-electron chi connectivity index (χ0n) is 12.2. The van der Waals surface area contributed by atoms with E-state index < -0.39 is 5.97 Å². The molecule has 1 aliphatic rings. The highest BCUT2D eigenvalue weighted by Crippen LogP contribution is 2.20. The van der Waals surface area contributed by atoms with E-state index in [1.165, 1.54) is 19.2 Å². The van der Waals surface area contributed by atoms with Crippen molar-refractivity contribution in [2.24, 2.45) is 5.92 Å². The third-order valence-electron chi connectivity index (χ3n) is 3.54. The van der Waals surface area contributed by atoms with Gasteiger partial charge in [-0.3, -0.25) is 4.79 Å². The van der Waals surface area contributed by atoms with Crippen LogP contribution < -0.4 is 4.74 Å². The average molecular weight is 293 g/mol. The number of hydrogen-bond donors (Lipinski definition) is 1. The molecule has 0 saturated carbocycles. The van der Waals surface area contributed by atoms with Crippen LogP contribution in [-0.2, 0) is 4.74 Å². The van der Waals surface area contributed by atoms with Gasteiger partial charge in [0.1, 0.15) is 5.75 Å². The lowest BCUT2D eigenvalue weighted by atomic mass is 10.1. The van der Waals surface area contributed by atoms with Crippen LogP contribution in [-0.4, -0.2) is 55.8 Å². The molecule has 21 heavy (non-hydrogen) atoms. The molecule has 0 aromatic heterocycles. The smallest absolute Gasteiger partial charge is 0.335 e. The molecular weight excluding hydrogens is 274 g/mol. The quantitative estimate of drug-likeness (QED) is 0.890. The molecule has 0 bridgehead atoms. The summed E-state index contributed by atoms with van der Waals surface area (Å²) < 4.78 is 10.3. The molecule has 1 amide bonds. The maximum atomic E-state index is 12.4. The van der Waals surface area contributed by atoms with Crippen LogP contribution in [0.5, 0.6) is 5.75 Å². The third kappa shape index (κ3) is 3.72. The minimum atomic E-state index is -1.09. The molecule has 1 aliphatic heterocycles. The second-order valence-corrected chi connectivity index (χ2v) is 5.17. The number of rotatable bonds is 5. The number of nitrogens with zero attached hydrogens (tertiary/aromatic N) is 1. The molecule has 1 atom stereocenters. The van der Waals surface area contributed by atoms with Crippen molar-refractivity contribution in [3.8, 4) is 5.75 Å². The second-order valence-electron chi connectivity index (χ2n) is 5.17. The van der Waals surface area contributed by atoms with E-state index >= 15 is 0 Å². The normalized spacial score (nSPS) is 17.5. The Kier molecular flexibility index (Phi) is 4.80. The Balaban J connectivity index is 2.16. The largest absolute Gasteiger partial charge is 0.497 e. The van der Waals surface area contributed by atoms with Crippen molar-refractivity contribution in [1.29, 1.82) is 0 Å². The van der Waals surface area contributed by atoms with Crippen molar-refractivity contribution in [3.63, 3.8) is 0 Å². The number of amides is 1. The van der Waals surface area contributed by atoms with Gasteiger partial charge in [-0.2, -0.15) is 0 Å². The summed E-state index contributed by atoms with van der Waals surface area (Å²) in [5.74, 6) is -0.613. The van der Waals surface area contributed by atoms with Crippen molar-refractivity contribution in [3.05, 3.63) is 29.3 Å². The zero-order valence-corrected chi connectivity index (χ0v) is 12.2. The van der Waals surface area contributed by atoms with Crippen molar-refractivity contribution in [2.75, 3.05) is 33.9 Å². The molecule has 1 saturated heterocycles. The Bertz CT molecular complexity index is 537. The lowest BCUT2D eigenvalue weighted by Gasteiger charge is -2.21. The maximum absolute atomic E-state index is 12.4. The number of methoxy groups -OCH3 is 1. The summed E-state index contributed by atoms with van der Waals surface area (Å²) in [4.78, 5) is 25.1. The topological polar surface area (TPSA) is 76.1 Å². The Hall–Kier alpha value is -2.08. The highest BCUT2D eigenvalue weighted by atomic mass is 16.5. The molecule has 1 heterocycles. The molecular formula is C15H19NO5. The van der Waals surface area contributed by atoms with Gasteiger partial charge >= 0.3 is 5.97 Å². The van der Waals surface area contributed by atoms with E-state index in [9.17, 15) is 9.59 Å². The summed E-state index contributed by atoms with van der Waals surface area (Å²) in [5, 5.41) is 9.08. The van der Waals surface area contributed by atoms with Crippen LogP contribution in [0.1, 0.15) is 27.1 Å². The van der Waals surface area contributed by atoms with Gasteiger partial charge < -0.3 is 19.5 Å². The molecule has 1 aromatic rings. The molecule has 0 unspecified atom stereocenters. The van der Waals surface area contributed by atoms with E-state index in [0.717, 1.165) is 13.0 Å². The highest BCUT2D eigenvalue weighted by molar-refractivity contribution is 5.98. The summed E-state index contributed by atoms with van der Waals surface area (Å²) in [5.41, 5.74) is 0.350. The fourth-order valence-electron chi connectivity index (χ4n) is 2.38. The van der Waals surface area contributed by atoms with Gasteiger partial charge in [0.15, 0.2) is 0 Å². The first-order valence-corrected chi connectivity index (χ1v) is 6.77. The molecule has 6 nitrogen and oxygen atoms in total. The van der Waals surface area contributed by atoms with Gasteiger partial charge in [-0.1, -0.05) is 0 Å². The maximum Gasteiger partial charge on any atom is 0.335 e. The van der Waals surface area contributed by atoms with Gasteiger partial charge in [0.25, 0.3) is 5.91 Å². The molecule has 0 radical (unpaired) electrons. The average Bonchev–Trinajstić information content (AvgIpc) is 2.98. The standard InChI is InChI=1S/C15H19NO5/c1-16(8-10-3-4-21-9-10)14(17)11-5-12(15(18)19)7-13(6-11)20-2/h5-7,10H,3-4,8-9H2,1-2H3,(H,18,19)/t10-/m0/s1. The summed E-state index contributed by atoms with van der Waals surface area (Å²) in [6.45, 7) is 1.99. The third-order valence-corrected chi connectivity index (χ3v) is 3.54. The number of carbonyl (C=O) groups excluding carboxylic acids is 1. The van der Waals surface area contributed by atoms with E-state index in [2.05, 4.69) is 0 Å². The number of ether oxygens (including phenoxy) is 2. The highest BCUT2D eigenvalue weighted by Gasteiger charge is 2.22. The second kappa shape index (κ2) is 6.58. The monoisotopic (exact) mass is 293 g/mol. The Morgan fingerprint density at radius 2 is 2.10 bits per heavy atom. The van der Waals surface area contributed by atoms with Crippen LogP contribution in [0, 0.1) is 5.92 Å². The molecule has 0 spiro atoms. The van der Waals surface area contributed by atoms with E-state index in [4.69, 9.17) is 14.6 Å². The van der Waals surface area contributed by atoms with E-state index in [-0.39, 0.29) is 11.5 Å². The van der Waals surface area contributed by atoms with Crippen LogP contribution in [0.3, 0.4) is 0 Å². The van der Waals surface area contributed by atoms with Crippen LogP contribution in [0.4, 0.5) is 0 Å². The first-order valence-electron chi connectivity index (χ1n) is 6.77. The number of hydrogen-bond acceptors (Lipinski definition) is 4. The van der Waals surface area contributed by atoms with E-state index in [1.54, 1.807) is 18.0 Å². The number of carboxylic acid groups (broad SMARTS) is 1. The molecule has 6 heteroatoms. The first kappa shape index (κ1) is 15.3. The minimum absolute atomic E-state index is 0.0373. The number of benzene rings is 1.